The molecule has 0 aromatic heterocycles. The van der Waals surface area contributed by atoms with E-state index in [-0.39, 0.29) is 5.41 Å². The minimum atomic E-state index is -7.22. The summed E-state index contributed by atoms with van der Waals surface area (Å²) in [6.07, 6.45) is -7.22. The number of halogens is 20. The Hall–Kier alpha value is -4.45. The van der Waals surface area contributed by atoms with E-state index in [9.17, 15) is 52.7 Å². The zero-order valence-electron chi connectivity index (χ0n) is 31.8. The van der Waals surface area contributed by atoms with Crippen LogP contribution < -0.4 is 21.9 Å². The van der Waals surface area contributed by atoms with Crippen LogP contribution in [0.2, 0.25) is 5.79 Å². The zero-order valence-corrected chi connectivity index (χ0v) is 32.9. The third-order valence-corrected chi connectivity index (χ3v) is 10.2. The maximum atomic E-state index is 15.4. The van der Waals surface area contributed by atoms with Crippen molar-refractivity contribution in [3.8, 4) is 0 Å². The molecule has 0 N–H and O–H groups in total. The van der Waals surface area contributed by atoms with Gasteiger partial charge in [0.25, 0.3) is 0 Å². The zero-order chi connectivity index (χ0) is 46.6. The summed E-state index contributed by atoms with van der Waals surface area (Å²) in [6.45, 7) is 15.5. The van der Waals surface area contributed by atoms with Crippen LogP contribution in [0, 0.1) is 122 Å². The number of rotatable bonds is 7. The summed E-state index contributed by atoms with van der Waals surface area (Å²) in [5.74, 6) is -67.9. The molecule has 0 aliphatic heterocycles. The van der Waals surface area contributed by atoms with Gasteiger partial charge >= 0.3 is 102 Å². The second-order valence-electron chi connectivity index (χ2n) is 14.4. The Bertz CT molecular complexity index is 2000. The molecule has 0 saturated heterocycles. The Balaban J connectivity index is 0.000000544. The molecule has 4 aromatic carbocycles. The van der Waals surface area contributed by atoms with Crippen molar-refractivity contribution in [3.05, 3.63) is 116 Å². The molecule has 24 heteroatoms. The number of hydrogen-bond donors (Lipinski definition) is 0. The van der Waals surface area contributed by atoms with Crippen LogP contribution in [0.3, 0.4) is 0 Å². The molecule has 0 radical (unpaired) electrons. The van der Waals surface area contributed by atoms with E-state index in [1.807, 2.05) is 0 Å². The van der Waals surface area contributed by atoms with E-state index in [0.717, 1.165) is 0 Å². The van der Waals surface area contributed by atoms with Crippen molar-refractivity contribution in [1.29, 1.82) is 0 Å². The van der Waals surface area contributed by atoms with Gasteiger partial charge in [0.2, 0.25) is 0 Å². The van der Waals surface area contributed by atoms with Gasteiger partial charge in [-0.1, -0.05) is 0 Å². The van der Waals surface area contributed by atoms with E-state index in [2.05, 4.69) is 58.1 Å². The Kier molecular flexibility index (Phi) is 14.9. The Morgan fingerprint density at radius 1 is 0.400 bits per heavy atom. The van der Waals surface area contributed by atoms with Gasteiger partial charge in [0.1, 0.15) is 52.7 Å². The van der Waals surface area contributed by atoms with Gasteiger partial charge in [-0.05, 0) is 0 Å². The average Bonchev–Trinajstić information content (AvgIpc) is 3.17. The molecule has 2 nitrogen and oxygen atoms in total. The summed E-state index contributed by atoms with van der Waals surface area (Å²) >= 11 is 0.299. The number of hydrogen-bond acceptors (Lipinski definition) is 1. The van der Waals surface area contributed by atoms with Crippen LogP contribution in [-0.2, 0) is 0 Å². The van der Waals surface area contributed by atoms with Crippen molar-refractivity contribution >= 4 is 49.3 Å². The van der Waals surface area contributed by atoms with E-state index >= 15 is 35.1 Å². The Morgan fingerprint density at radius 3 is 0.717 bits per heavy atom. The molecule has 0 spiro atoms. The van der Waals surface area contributed by atoms with Gasteiger partial charge in [-0.25, -0.2) is 87.8 Å². The SMILES string of the molecule is Fc1c(F)c(F)c([B-](c2c(F)c(F)c(F)c(F)c2F)(c2c(F)c(F)c(F)c(F)c2F)c2c(F)c(F)c(F)c(F)c2F)c(F)c1F.[CH3][Al+][N](C(=NC(C)C)C(C)(C)C)C(C)C. The standard InChI is InChI=1S/C24BF20.C11H23N2.CH3.Al/c26-5-1(6(27)14(35)21(42)13(5)34)25(2-7(28)15(36)22(43)16(37)8(2)29,3-9(30)17(38)23(44)18(39)10(3)31)4-11(32)19(40)24(45)20(41)12(4)33;1-8(2)12-10(11(5,6)7)13-9(3)4;;/h;8-9H,1-7H3;1H3;/q2*-1;;+2. The second kappa shape index (κ2) is 17.9. The summed E-state index contributed by atoms with van der Waals surface area (Å²) in [7, 11) is 0. The predicted molar refractivity (Wildman–Crippen MR) is 180 cm³/mol. The summed E-state index contributed by atoms with van der Waals surface area (Å²) < 4.78 is 296. The van der Waals surface area contributed by atoms with Crippen LogP contribution in [0.1, 0.15) is 48.5 Å². The first kappa shape index (κ1) is 49.9. The molecule has 0 unspecified atom stereocenters. The van der Waals surface area contributed by atoms with Crippen LogP contribution in [0.25, 0.3) is 0 Å². The fraction of sp³-hybridized carbons (Fsp3) is 0.306. The van der Waals surface area contributed by atoms with Crippen molar-refractivity contribution in [2.45, 2.75) is 66.3 Å². The first-order chi connectivity index (χ1) is 27.4. The second-order valence-corrected chi connectivity index (χ2v) is 15.4. The van der Waals surface area contributed by atoms with Crippen molar-refractivity contribution in [2.75, 3.05) is 0 Å². The number of amidine groups is 1. The summed E-state index contributed by atoms with van der Waals surface area (Å²) in [5.41, 5.74) is -14.2. The molecule has 0 fully saturated rings. The Morgan fingerprint density at radius 2 is 0.583 bits per heavy atom. The van der Waals surface area contributed by atoms with Crippen molar-refractivity contribution in [2.24, 2.45) is 10.4 Å². The molecule has 4 rings (SSSR count). The van der Waals surface area contributed by atoms with Gasteiger partial charge in [0.05, 0.1) is 0 Å². The Labute approximate surface area is 333 Å². The van der Waals surface area contributed by atoms with Crippen LogP contribution >= 0.6 is 0 Å². The third kappa shape index (κ3) is 8.05. The van der Waals surface area contributed by atoms with Crippen LogP contribution in [-0.4, -0.2) is 43.4 Å². The van der Waals surface area contributed by atoms with Crippen LogP contribution in [0.4, 0.5) is 87.8 Å². The summed E-state index contributed by atoms with van der Waals surface area (Å²) in [5, 5.41) is 0. The van der Waals surface area contributed by atoms with Gasteiger partial charge in [-0.3, -0.25) is 0 Å². The number of benzene rings is 4. The van der Waals surface area contributed by atoms with Crippen molar-refractivity contribution < 1.29 is 87.8 Å². The monoisotopic (exact) mass is 904 g/mol. The molecule has 0 aliphatic rings. The quantitative estimate of drug-likeness (QED) is 0.0452. The van der Waals surface area contributed by atoms with Gasteiger partial charge in [-0.2, -0.15) is 0 Å². The minimum absolute atomic E-state index is 0.150. The normalized spacial score (nSPS) is 12.3. The van der Waals surface area contributed by atoms with E-state index in [1.165, 1.54) is 5.84 Å². The molecule has 326 valence electrons. The fourth-order valence-electron chi connectivity index (χ4n) is 6.43. The van der Waals surface area contributed by atoms with Crippen molar-refractivity contribution in [3.63, 3.8) is 0 Å². The van der Waals surface area contributed by atoms with Gasteiger partial charge in [-0.15, -0.1) is 21.9 Å². The van der Waals surface area contributed by atoms with E-state index in [4.69, 9.17) is 4.99 Å². The van der Waals surface area contributed by atoms with E-state index in [1.54, 1.807) is 0 Å². The molecule has 60 heavy (non-hydrogen) atoms. The van der Waals surface area contributed by atoms with Crippen LogP contribution in [0.15, 0.2) is 4.99 Å². The molecule has 0 heterocycles. The number of nitrogens with zero attached hydrogens (tertiary/aromatic N) is 2. The van der Waals surface area contributed by atoms with Crippen molar-refractivity contribution in [1.82, 2.24) is 3.88 Å². The van der Waals surface area contributed by atoms with Crippen LogP contribution in [0.5, 0.6) is 0 Å². The molecule has 0 bridgehead atoms. The molecule has 4 aromatic rings. The topological polar surface area (TPSA) is 15.6 Å². The molecular formula is C36H26AlBF20N2. The molecule has 0 amide bonds. The van der Waals surface area contributed by atoms with Gasteiger partial charge < -0.3 is 0 Å². The average molecular weight is 904 g/mol. The summed E-state index contributed by atoms with van der Waals surface area (Å²) in [4.78, 5) is 4.80. The number of aliphatic imine (C=N–C) groups is 1. The first-order valence-electron chi connectivity index (χ1n) is 16.8. The predicted octanol–water partition coefficient (Wildman–Crippen LogP) is 9.06. The maximum absolute atomic E-state index is 15.4. The fourth-order valence-corrected chi connectivity index (χ4v) is 7.73. The molecule has 0 saturated carbocycles. The molecule has 0 atom stereocenters. The first-order valence-corrected chi connectivity index (χ1v) is 18.5. The molecule has 0 aliphatic carbocycles. The summed E-state index contributed by atoms with van der Waals surface area (Å²) in [6, 6.07) is 0.938. The molecular weight excluding hydrogens is 878 g/mol. The van der Waals surface area contributed by atoms with Gasteiger partial charge in [0.15, 0.2) is 69.8 Å². The van der Waals surface area contributed by atoms with Gasteiger partial charge in [0, 0.05) is 0 Å². The van der Waals surface area contributed by atoms with E-state index in [0.29, 0.717) is 27.5 Å². The third-order valence-electron chi connectivity index (χ3n) is 8.84. The van der Waals surface area contributed by atoms with E-state index < -0.39 is 144 Å².